The van der Waals surface area contributed by atoms with Crippen LogP contribution in [-0.2, 0) is 0 Å². The van der Waals surface area contributed by atoms with Crippen LogP contribution >= 0.6 is 0 Å². The summed E-state index contributed by atoms with van der Waals surface area (Å²) in [6.45, 7) is 1.86. The molecule has 0 bridgehead atoms. The molecule has 112 valence electrons. The Bertz CT molecular complexity index is 647. The van der Waals surface area contributed by atoms with Gasteiger partial charge in [-0.2, -0.15) is 0 Å². The zero-order valence-electron chi connectivity index (χ0n) is 12.4. The minimum Gasteiger partial charge on any atom is -0.342 e. The van der Waals surface area contributed by atoms with E-state index < -0.39 is 0 Å². The second kappa shape index (κ2) is 6.89. The van der Waals surface area contributed by atoms with Gasteiger partial charge < -0.3 is 4.90 Å². The van der Waals surface area contributed by atoms with Gasteiger partial charge in [-0.3, -0.25) is 10.1 Å². The number of nitrogens with zero attached hydrogens (tertiary/aromatic N) is 2. The minimum absolute atomic E-state index is 0.123. The summed E-state index contributed by atoms with van der Waals surface area (Å²) in [5.74, 6) is 0.514. The first kappa shape index (κ1) is 14.3. The summed E-state index contributed by atoms with van der Waals surface area (Å²) in [5, 5.41) is 2.96. The fraction of sp³-hybridized carbons (Fsp3) is 0.222. The topological polar surface area (TPSA) is 44.7 Å². The van der Waals surface area contributed by atoms with Gasteiger partial charge >= 0.3 is 0 Å². The lowest BCUT2D eigenvalue weighted by atomic mass is 10.2. The summed E-state index contributed by atoms with van der Waals surface area (Å²) < 4.78 is 0. The van der Waals surface area contributed by atoms with Crippen LogP contribution in [0.3, 0.4) is 0 Å². The number of hydrogen-bond donors (Lipinski definition) is 1. The van der Waals surface area contributed by atoms with Crippen molar-refractivity contribution in [2.45, 2.75) is 12.8 Å². The molecule has 1 N–H and O–H groups in total. The molecule has 1 fully saturated rings. The van der Waals surface area contributed by atoms with Crippen LogP contribution in [0.5, 0.6) is 0 Å². The molecule has 0 saturated carbocycles. The number of aliphatic imine (C=N–C) groups is 1. The summed E-state index contributed by atoms with van der Waals surface area (Å²) >= 11 is 0. The Balaban J connectivity index is 1.83. The summed E-state index contributed by atoms with van der Waals surface area (Å²) in [5.41, 5.74) is 1.49. The summed E-state index contributed by atoms with van der Waals surface area (Å²) in [6, 6.07) is 18.9. The molecule has 1 aliphatic rings. The van der Waals surface area contributed by atoms with Crippen molar-refractivity contribution in [2.75, 3.05) is 13.1 Å². The van der Waals surface area contributed by atoms with E-state index in [1.807, 2.05) is 48.5 Å². The third-order valence-electron chi connectivity index (χ3n) is 3.66. The molecule has 1 amide bonds. The monoisotopic (exact) mass is 293 g/mol. The van der Waals surface area contributed by atoms with Gasteiger partial charge in [-0.05, 0) is 37.1 Å². The zero-order chi connectivity index (χ0) is 15.2. The number of carbonyl (C=O) groups is 1. The summed E-state index contributed by atoms with van der Waals surface area (Å²) in [7, 11) is 0. The summed E-state index contributed by atoms with van der Waals surface area (Å²) in [6.07, 6.45) is 2.27. The SMILES string of the molecule is O=C(NC(=Nc1ccccc1)N1CCCC1)c1ccccc1. The highest BCUT2D eigenvalue weighted by Crippen LogP contribution is 2.14. The smallest absolute Gasteiger partial charge is 0.257 e. The molecule has 1 saturated heterocycles. The number of rotatable bonds is 2. The fourth-order valence-corrected chi connectivity index (χ4v) is 2.49. The number of carbonyl (C=O) groups excluding carboxylic acids is 1. The van der Waals surface area contributed by atoms with Crippen molar-refractivity contribution in [1.29, 1.82) is 0 Å². The van der Waals surface area contributed by atoms with Gasteiger partial charge in [-0.1, -0.05) is 36.4 Å². The molecule has 0 radical (unpaired) electrons. The third kappa shape index (κ3) is 3.52. The Hall–Kier alpha value is -2.62. The molecule has 0 atom stereocenters. The van der Waals surface area contributed by atoms with Crippen LogP contribution < -0.4 is 5.32 Å². The highest BCUT2D eigenvalue weighted by molar-refractivity contribution is 6.06. The zero-order valence-corrected chi connectivity index (χ0v) is 12.4. The van der Waals surface area contributed by atoms with Crippen molar-refractivity contribution < 1.29 is 4.79 Å². The lowest BCUT2D eigenvalue weighted by molar-refractivity contribution is 0.0973. The van der Waals surface area contributed by atoms with Crippen LogP contribution in [0.4, 0.5) is 5.69 Å². The first-order valence-corrected chi connectivity index (χ1v) is 7.58. The van der Waals surface area contributed by atoms with Crippen molar-refractivity contribution in [3.63, 3.8) is 0 Å². The number of nitrogens with one attached hydrogen (secondary N) is 1. The number of guanidine groups is 1. The Morgan fingerprint density at radius 2 is 1.50 bits per heavy atom. The first-order valence-electron chi connectivity index (χ1n) is 7.58. The van der Waals surface area contributed by atoms with Crippen LogP contribution in [0.2, 0.25) is 0 Å². The summed E-state index contributed by atoms with van der Waals surface area (Å²) in [4.78, 5) is 19.1. The highest BCUT2D eigenvalue weighted by atomic mass is 16.1. The molecular formula is C18H19N3O. The fourth-order valence-electron chi connectivity index (χ4n) is 2.49. The Kier molecular flexibility index (Phi) is 4.49. The molecule has 22 heavy (non-hydrogen) atoms. The Labute approximate surface area is 130 Å². The van der Waals surface area contributed by atoms with E-state index in [1.165, 1.54) is 0 Å². The molecule has 4 heteroatoms. The molecule has 2 aromatic carbocycles. The second-order valence-electron chi connectivity index (χ2n) is 5.29. The van der Waals surface area contributed by atoms with Gasteiger partial charge in [0.2, 0.25) is 5.96 Å². The van der Waals surface area contributed by atoms with Crippen molar-refractivity contribution in [1.82, 2.24) is 10.2 Å². The maximum absolute atomic E-state index is 12.4. The lowest BCUT2D eigenvalue weighted by Crippen LogP contribution is -2.42. The minimum atomic E-state index is -0.123. The van der Waals surface area contributed by atoms with E-state index in [0.717, 1.165) is 31.6 Å². The average molecular weight is 293 g/mol. The van der Waals surface area contributed by atoms with Crippen molar-refractivity contribution in [3.8, 4) is 0 Å². The van der Waals surface area contributed by atoms with E-state index >= 15 is 0 Å². The largest absolute Gasteiger partial charge is 0.342 e. The molecule has 4 nitrogen and oxygen atoms in total. The molecular weight excluding hydrogens is 274 g/mol. The standard InChI is InChI=1S/C18H19N3O/c22-17(15-9-3-1-4-10-15)20-18(21-13-7-8-14-21)19-16-11-5-2-6-12-16/h1-6,9-12H,7-8,13-14H2,(H,19,20,22). The van der Waals surface area contributed by atoms with Crippen molar-refractivity contribution in [2.24, 2.45) is 4.99 Å². The number of amides is 1. The van der Waals surface area contributed by atoms with Gasteiger partial charge in [0.1, 0.15) is 0 Å². The maximum Gasteiger partial charge on any atom is 0.257 e. The predicted octanol–water partition coefficient (Wildman–Crippen LogP) is 3.20. The number of hydrogen-bond acceptors (Lipinski definition) is 2. The second-order valence-corrected chi connectivity index (χ2v) is 5.29. The Morgan fingerprint density at radius 1 is 0.909 bits per heavy atom. The van der Waals surface area contributed by atoms with Gasteiger partial charge in [0.25, 0.3) is 5.91 Å². The molecule has 0 unspecified atom stereocenters. The van der Waals surface area contributed by atoms with E-state index in [-0.39, 0.29) is 5.91 Å². The maximum atomic E-state index is 12.4. The lowest BCUT2D eigenvalue weighted by Gasteiger charge is -2.20. The van der Waals surface area contributed by atoms with E-state index in [1.54, 1.807) is 12.1 Å². The normalized spacial score (nSPS) is 14.9. The van der Waals surface area contributed by atoms with Crippen LogP contribution in [0.15, 0.2) is 65.7 Å². The highest BCUT2D eigenvalue weighted by Gasteiger charge is 2.19. The average Bonchev–Trinajstić information content (AvgIpc) is 3.10. The van der Waals surface area contributed by atoms with Gasteiger partial charge in [0.15, 0.2) is 0 Å². The van der Waals surface area contributed by atoms with E-state index in [9.17, 15) is 4.79 Å². The molecule has 2 aromatic rings. The van der Waals surface area contributed by atoms with Crippen LogP contribution in [-0.4, -0.2) is 29.9 Å². The Morgan fingerprint density at radius 3 is 2.14 bits per heavy atom. The van der Waals surface area contributed by atoms with Gasteiger partial charge in [0.05, 0.1) is 5.69 Å². The molecule has 1 aliphatic heterocycles. The molecule has 0 aliphatic carbocycles. The quantitative estimate of drug-likeness (QED) is 0.682. The van der Waals surface area contributed by atoms with Gasteiger partial charge in [0, 0.05) is 18.7 Å². The van der Waals surface area contributed by atoms with E-state index in [0.29, 0.717) is 11.5 Å². The number of likely N-dealkylation sites (tertiary alicyclic amines) is 1. The molecule has 3 rings (SSSR count). The van der Waals surface area contributed by atoms with Crippen LogP contribution in [0.25, 0.3) is 0 Å². The van der Waals surface area contributed by atoms with Gasteiger partial charge in [-0.15, -0.1) is 0 Å². The molecule has 0 aromatic heterocycles. The van der Waals surface area contributed by atoms with Crippen LogP contribution in [0, 0.1) is 0 Å². The van der Waals surface area contributed by atoms with E-state index in [2.05, 4.69) is 15.2 Å². The first-order chi connectivity index (χ1) is 10.8. The van der Waals surface area contributed by atoms with Crippen molar-refractivity contribution in [3.05, 3.63) is 66.2 Å². The molecule has 1 heterocycles. The third-order valence-corrected chi connectivity index (χ3v) is 3.66. The number of benzene rings is 2. The number of para-hydroxylation sites is 1. The van der Waals surface area contributed by atoms with E-state index in [4.69, 9.17) is 0 Å². The van der Waals surface area contributed by atoms with Crippen molar-refractivity contribution >= 4 is 17.6 Å². The van der Waals surface area contributed by atoms with Crippen LogP contribution in [0.1, 0.15) is 23.2 Å². The molecule has 0 spiro atoms. The van der Waals surface area contributed by atoms with Gasteiger partial charge in [-0.25, -0.2) is 4.99 Å². The predicted molar refractivity (Wildman–Crippen MR) is 88.3 cm³/mol.